The van der Waals surface area contributed by atoms with E-state index in [1.807, 2.05) is 43.3 Å². The van der Waals surface area contributed by atoms with Crippen LogP contribution >= 0.6 is 0 Å². The summed E-state index contributed by atoms with van der Waals surface area (Å²) >= 11 is 0. The molecule has 0 atom stereocenters. The minimum Gasteiger partial charge on any atom is -0.313 e. The van der Waals surface area contributed by atoms with Crippen molar-refractivity contribution >= 4 is 10.9 Å². The quantitative estimate of drug-likeness (QED) is 0.776. The first-order valence-electron chi connectivity index (χ1n) is 7.12. The maximum atomic E-state index is 13.8. The number of hydrogen-bond donors (Lipinski definition) is 1. The largest absolute Gasteiger partial charge is 0.313 e. The highest BCUT2D eigenvalue weighted by molar-refractivity contribution is 5.84. The third-order valence-corrected chi connectivity index (χ3v) is 3.55. The van der Waals surface area contributed by atoms with Gasteiger partial charge in [0.25, 0.3) is 0 Å². The van der Waals surface area contributed by atoms with E-state index in [0.717, 1.165) is 28.6 Å². The molecule has 0 aliphatic rings. The fraction of sp³-hybridized carbons (Fsp3) is 0.167. The zero-order chi connectivity index (χ0) is 14.7. The molecule has 0 aliphatic carbocycles. The molecule has 3 rings (SSSR count). The van der Waals surface area contributed by atoms with Crippen LogP contribution in [0.5, 0.6) is 0 Å². The van der Waals surface area contributed by atoms with E-state index in [-0.39, 0.29) is 5.82 Å². The SMILES string of the molecule is CCNCc1cc(-c2ccc3ncccc3c2)ccc1F. The molecule has 0 amide bonds. The van der Waals surface area contributed by atoms with Gasteiger partial charge in [0.2, 0.25) is 0 Å². The number of aromatic nitrogens is 1. The van der Waals surface area contributed by atoms with Crippen molar-refractivity contribution in [2.45, 2.75) is 13.5 Å². The van der Waals surface area contributed by atoms with E-state index >= 15 is 0 Å². The molecule has 2 aromatic carbocycles. The zero-order valence-electron chi connectivity index (χ0n) is 11.9. The van der Waals surface area contributed by atoms with Crippen molar-refractivity contribution in [2.24, 2.45) is 0 Å². The first kappa shape index (κ1) is 13.7. The van der Waals surface area contributed by atoms with Gasteiger partial charge in [-0.3, -0.25) is 4.98 Å². The molecular weight excluding hydrogens is 263 g/mol. The Hall–Kier alpha value is -2.26. The normalized spacial score (nSPS) is 11.0. The summed E-state index contributed by atoms with van der Waals surface area (Å²) in [5.74, 6) is -0.165. The van der Waals surface area contributed by atoms with Crippen LogP contribution in [-0.4, -0.2) is 11.5 Å². The monoisotopic (exact) mass is 280 g/mol. The molecule has 0 saturated carbocycles. The summed E-state index contributed by atoms with van der Waals surface area (Å²) in [5.41, 5.74) is 3.76. The average molecular weight is 280 g/mol. The lowest BCUT2D eigenvalue weighted by molar-refractivity contribution is 0.593. The molecular formula is C18H17FN2. The predicted octanol–water partition coefficient (Wildman–Crippen LogP) is 4.15. The minimum absolute atomic E-state index is 0.165. The van der Waals surface area contributed by atoms with Crippen LogP contribution in [-0.2, 0) is 6.54 Å². The summed E-state index contributed by atoms with van der Waals surface area (Å²) in [6.07, 6.45) is 1.79. The smallest absolute Gasteiger partial charge is 0.127 e. The Bertz CT molecular complexity index is 768. The second-order valence-electron chi connectivity index (χ2n) is 5.00. The molecule has 0 fully saturated rings. The highest BCUT2D eigenvalue weighted by atomic mass is 19.1. The second-order valence-corrected chi connectivity index (χ2v) is 5.00. The van der Waals surface area contributed by atoms with Crippen LogP contribution in [0.1, 0.15) is 12.5 Å². The van der Waals surface area contributed by atoms with Gasteiger partial charge in [0.1, 0.15) is 5.82 Å². The van der Waals surface area contributed by atoms with Crippen molar-refractivity contribution in [3.05, 3.63) is 66.1 Å². The molecule has 0 spiro atoms. The number of halogens is 1. The fourth-order valence-electron chi connectivity index (χ4n) is 2.40. The highest BCUT2D eigenvalue weighted by Gasteiger charge is 2.06. The highest BCUT2D eigenvalue weighted by Crippen LogP contribution is 2.25. The van der Waals surface area contributed by atoms with Crippen LogP contribution in [0.3, 0.4) is 0 Å². The molecule has 0 aliphatic heterocycles. The van der Waals surface area contributed by atoms with E-state index in [0.29, 0.717) is 12.1 Å². The van der Waals surface area contributed by atoms with Crippen molar-refractivity contribution in [3.8, 4) is 11.1 Å². The molecule has 106 valence electrons. The molecule has 1 N–H and O–H groups in total. The molecule has 3 heteroatoms. The summed E-state index contributed by atoms with van der Waals surface area (Å²) in [6, 6.07) is 15.3. The Balaban J connectivity index is 2.01. The van der Waals surface area contributed by atoms with E-state index in [4.69, 9.17) is 0 Å². The van der Waals surface area contributed by atoms with Crippen molar-refractivity contribution in [3.63, 3.8) is 0 Å². The summed E-state index contributed by atoms with van der Waals surface area (Å²) in [5, 5.41) is 4.25. The number of rotatable bonds is 4. The Kier molecular flexibility index (Phi) is 3.93. The van der Waals surface area contributed by atoms with Gasteiger partial charge in [-0.25, -0.2) is 4.39 Å². The van der Waals surface area contributed by atoms with E-state index in [2.05, 4.69) is 16.4 Å². The Morgan fingerprint density at radius 3 is 2.71 bits per heavy atom. The summed E-state index contributed by atoms with van der Waals surface area (Å²) < 4.78 is 13.8. The van der Waals surface area contributed by atoms with Gasteiger partial charge in [-0.15, -0.1) is 0 Å². The first-order chi connectivity index (χ1) is 10.3. The van der Waals surface area contributed by atoms with Gasteiger partial charge in [0.05, 0.1) is 5.52 Å². The van der Waals surface area contributed by atoms with Gasteiger partial charge in [0, 0.05) is 23.7 Å². The topological polar surface area (TPSA) is 24.9 Å². The van der Waals surface area contributed by atoms with Gasteiger partial charge in [0.15, 0.2) is 0 Å². The molecule has 3 aromatic rings. The summed E-state index contributed by atoms with van der Waals surface area (Å²) in [4.78, 5) is 4.32. The molecule has 21 heavy (non-hydrogen) atoms. The van der Waals surface area contributed by atoms with Crippen LogP contribution in [0, 0.1) is 5.82 Å². The Morgan fingerprint density at radius 2 is 1.86 bits per heavy atom. The van der Waals surface area contributed by atoms with Gasteiger partial charge < -0.3 is 5.32 Å². The maximum Gasteiger partial charge on any atom is 0.127 e. The van der Waals surface area contributed by atoms with E-state index in [9.17, 15) is 4.39 Å². The van der Waals surface area contributed by atoms with Crippen LogP contribution in [0.2, 0.25) is 0 Å². The minimum atomic E-state index is -0.165. The average Bonchev–Trinajstić information content (AvgIpc) is 2.53. The lowest BCUT2D eigenvalue weighted by atomic mass is 10.0. The van der Waals surface area contributed by atoms with Gasteiger partial charge in [-0.1, -0.05) is 25.1 Å². The predicted molar refractivity (Wildman–Crippen MR) is 84.5 cm³/mol. The number of nitrogens with zero attached hydrogens (tertiary/aromatic N) is 1. The number of hydrogen-bond acceptors (Lipinski definition) is 2. The van der Waals surface area contributed by atoms with Crippen LogP contribution in [0.25, 0.3) is 22.0 Å². The van der Waals surface area contributed by atoms with Crippen molar-refractivity contribution in [1.82, 2.24) is 10.3 Å². The number of fused-ring (bicyclic) bond motifs is 1. The Morgan fingerprint density at radius 1 is 1.05 bits per heavy atom. The van der Waals surface area contributed by atoms with Crippen molar-refractivity contribution in [1.29, 1.82) is 0 Å². The molecule has 0 unspecified atom stereocenters. The van der Waals surface area contributed by atoms with Crippen LogP contribution in [0.4, 0.5) is 4.39 Å². The zero-order valence-corrected chi connectivity index (χ0v) is 11.9. The number of pyridine rings is 1. The van der Waals surface area contributed by atoms with Gasteiger partial charge in [-0.2, -0.15) is 0 Å². The van der Waals surface area contributed by atoms with Crippen LogP contribution in [0.15, 0.2) is 54.7 Å². The van der Waals surface area contributed by atoms with Gasteiger partial charge in [-0.05, 0) is 48.0 Å². The molecule has 0 bridgehead atoms. The molecule has 0 radical (unpaired) electrons. The fourth-order valence-corrected chi connectivity index (χ4v) is 2.40. The van der Waals surface area contributed by atoms with E-state index < -0.39 is 0 Å². The lowest BCUT2D eigenvalue weighted by Gasteiger charge is -2.08. The molecule has 1 aromatic heterocycles. The molecule has 0 saturated heterocycles. The molecule has 1 heterocycles. The van der Waals surface area contributed by atoms with Crippen molar-refractivity contribution < 1.29 is 4.39 Å². The van der Waals surface area contributed by atoms with Gasteiger partial charge >= 0.3 is 0 Å². The first-order valence-corrected chi connectivity index (χ1v) is 7.12. The third-order valence-electron chi connectivity index (χ3n) is 3.55. The number of benzene rings is 2. The number of nitrogens with one attached hydrogen (secondary N) is 1. The third kappa shape index (κ3) is 2.93. The van der Waals surface area contributed by atoms with E-state index in [1.165, 1.54) is 6.07 Å². The molecule has 2 nitrogen and oxygen atoms in total. The summed E-state index contributed by atoms with van der Waals surface area (Å²) in [6.45, 7) is 3.38. The second kappa shape index (κ2) is 6.02. The maximum absolute atomic E-state index is 13.8. The van der Waals surface area contributed by atoms with Crippen LogP contribution < -0.4 is 5.32 Å². The van der Waals surface area contributed by atoms with Crippen molar-refractivity contribution in [2.75, 3.05) is 6.54 Å². The lowest BCUT2D eigenvalue weighted by Crippen LogP contribution is -2.12. The van der Waals surface area contributed by atoms with E-state index in [1.54, 1.807) is 6.20 Å². The summed E-state index contributed by atoms with van der Waals surface area (Å²) in [7, 11) is 0. The standard InChI is InChI=1S/C18H17FN2/c1-2-20-12-16-11-13(5-7-17(16)19)14-6-8-18-15(10-14)4-3-9-21-18/h3-11,20H,2,12H2,1H3. The Labute approximate surface area is 123 Å².